The van der Waals surface area contributed by atoms with Crippen molar-refractivity contribution in [3.63, 3.8) is 0 Å². The van der Waals surface area contributed by atoms with E-state index < -0.39 is 15.8 Å². The molecular formula is C24H28FN3O4S. The van der Waals surface area contributed by atoms with Gasteiger partial charge in [0.25, 0.3) is 11.8 Å². The van der Waals surface area contributed by atoms with Crippen LogP contribution in [0.3, 0.4) is 0 Å². The lowest BCUT2D eigenvalue weighted by molar-refractivity contribution is 0.0534. The summed E-state index contributed by atoms with van der Waals surface area (Å²) in [4.78, 5) is 29.2. The summed E-state index contributed by atoms with van der Waals surface area (Å²) in [5.74, 6) is -0.988. The summed E-state index contributed by atoms with van der Waals surface area (Å²) >= 11 is 0. The summed E-state index contributed by atoms with van der Waals surface area (Å²) < 4.78 is 41.1. The fourth-order valence-corrected chi connectivity index (χ4v) is 5.88. The van der Waals surface area contributed by atoms with E-state index in [-0.39, 0.29) is 22.3 Å². The lowest BCUT2D eigenvalue weighted by atomic mass is 10.1. The number of piperidine rings is 1. The normalized spacial score (nSPS) is 17.8. The van der Waals surface area contributed by atoms with Gasteiger partial charge < -0.3 is 9.80 Å². The molecule has 2 aliphatic rings. The van der Waals surface area contributed by atoms with Gasteiger partial charge in [0.2, 0.25) is 10.0 Å². The van der Waals surface area contributed by atoms with Crippen molar-refractivity contribution in [1.82, 2.24) is 14.1 Å². The lowest BCUT2D eigenvalue weighted by Gasteiger charge is -2.35. The van der Waals surface area contributed by atoms with E-state index in [4.69, 9.17) is 0 Å². The summed E-state index contributed by atoms with van der Waals surface area (Å²) in [5, 5.41) is 0. The summed E-state index contributed by atoms with van der Waals surface area (Å²) in [6.45, 7) is 4.08. The third-order valence-corrected chi connectivity index (χ3v) is 8.21. The predicted octanol–water partition coefficient (Wildman–Crippen LogP) is 2.91. The van der Waals surface area contributed by atoms with Gasteiger partial charge in [-0.2, -0.15) is 4.31 Å². The van der Waals surface area contributed by atoms with Crippen molar-refractivity contribution in [2.24, 2.45) is 0 Å². The van der Waals surface area contributed by atoms with E-state index in [0.29, 0.717) is 50.4 Å². The van der Waals surface area contributed by atoms with E-state index in [2.05, 4.69) is 0 Å². The Hall–Kier alpha value is -2.78. The van der Waals surface area contributed by atoms with E-state index in [9.17, 15) is 22.4 Å². The van der Waals surface area contributed by atoms with Gasteiger partial charge in [-0.15, -0.1) is 0 Å². The van der Waals surface area contributed by atoms with Crippen molar-refractivity contribution >= 4 is 21.8 Å². The van der Waals surface area contributed by atoms with Crippen LogP contribution in [-0.4, -0.2) is 73.6 Å². The Morgan fingerprint density at radius 1 is 0.818 bits per heavy atom. The van der Waals surface area contributed by atoms with Gasteiger partial charge in [-0.3, -0.25) is 9.59 Å². The quantitative estimate of drug-likeness (QED) is 0.684. The fourth-order valence-electron chi connectivity index (χ4n) is 4.33. The van der Waals surface area contributed by atoms with Crippen LogP contribution < -0.4 is 0 Å². The topological polar surface area (TPSA) is 78.0 Å². The van der Waals surface area contributed by atoms with Crippen LogP contribution >= 0.6 is 0 Å². The van der Waals surface area contributed by atoms with Crippen LogP contribution in [0.2, 0.25) is 0 Å². The number of amides is 2. The minimum absolute atomic E-state index is 0.137. The smallest absolute Gasteiger partial charge is 0.254 e. The van der Waals surface area contributed by atoms with Gasteiger partial charge in [0, 0.05) is 50.4 Å². The van der Waals surface area contributed by atoms with Crippen LogP contribution in [0.25, 0.3) is 0 Å². The average Bonchev–Trinajstić information content (AvgIpc) is 2.84. The zero-order valence-electron chi connectivity index (χ0n) is 18.7. The summed E-state index contributed by atoms with van der Waals surface area (Å²) in [6, 6.07) is 10.3. The van der Waals surface area contributed by atoms with Gasteiger partial charge in [0.05, 0.1) is 4.90 Å². The first-order chi connectivity index (χ1) is 15.8. The van der Waals surface area contributed by atoms with E-state index in [1.807, 2.05) is 0 Å². The number of piperazine rings is 1. The maximum Gasteiger partial charge on any atom is 0.254 e. The molecule has 0 N–H and O–H groups in total. The number of sulfonamides is 1. The zero-order chi connectivity index (χ0) is 23.6. The van der Waals surface area contributed by atoms with Crippen LogP contribution in [0.5, 0.6) is 0 Å². The number of halogens is 1. The molecule has 0 atom stereocenters. The highest BCUT2D eigenvalue weighted by Gasteiger charge is 2.29. The molecule has 2 heterocycles. The van der Waals surface area contributed by atoms with E-state index in [0.717, 1.165) is 19.3 Å². The van der Waals surface area contributed by atoms with Gasteiger partial charge in [0.15, 0.2) is 0 Å². The maximum absolute atomic E-state index is 13.5. The Kier molecular flexibility index (Phi) is 6.81. The largest absolute Gasteiger partial charge is 0.335 e. The number of benzene rings is 2. The van der Waals surface area contributed by atoms with E-state index in [1.165, 1.54) is 28.6 Å². The van der Waals surface area contributed by atoms with Gasteiger partial charge in [-0.1, -0.05) is 18.6 Å². The molecule has 2 fully saturated rings. The highest BCUT2D eigenvalue weighted by atomic mass is 32.2. The molecule has 7 nitrogen and oxygen atoms in total. The first-order valence-corrected chi connectivity index (χ1v) is 12.7. The molecule has 4 rings (SSSR count). The molecule has 0 aromatic heterocycles. The van der Waals surface area contributed by atoms with Crippen LogP contribution in [-0.2, 0) is 10.0 Å². The average molecular weight is 474 g/mol. The Morgan fingerprint density at radius 3 is 2.09 bits per heavy atom. The monoisotopic (exact) mass is 473 g/mol. The minimum Gasteiger partial charge on any atom is -0.335 e. The first-order valence-electron chi connectivity index (χ1n) is 11.2. The van der Waals surface area contributed by atoms with E-state index >= 15 is 0 Å². The molecule has 0 saturated carbocycles. The van der Waals surface area contributed by atoms with Crippen LogP contribution in [0.15, 0.2) is 47.4 Å². The molecule has 2 aliphatic heterocycles. The molecular weight excluding hydrogens is 445 g/mol. The van der Waals surface area contributed by atoms with Crippen molar-refractivity contribution in [2.45, 2.75) is 31.1 Å². The Bertz CT molecular complexity index is 1150. The number of hydrogen-bond acceptors (Lipinski definition) is 4. The number of carbonyl (C=O) groups is 2. The summed E-state index contributed by atoms with van der Waals surface area (Å²) in [7, 11) is -3.64. The van der Waals surface area contributed by atoms with Gasteiger partial charge in [0.1, 0.15) is 5.82 Å². The molecule has 0 radical (unpaired) electrons. The van der Waals surface area contributed by atoms with Gasteiger partial charge in [-0.25, -0.2) is 12.8 Å². The van der Waals surface area contributed by atoms with Crippen LogP contribution in [0.1, 0.15) is 45.5 Å². The highest BCUT2D eigenvalue weighted by Crippen LogP contribution is 2.24. The molecule has 2 amide bonds. The number of rotatable bonds is 4. The molecule has 2 aromatic carbocycles. The molecule has 0 bridgehead atoms. The standard InChI is InChI=1S/C24H28FN3O4S/c1-18-8-9-21(33(31,32)28-10-3-2-4-11-28)17-22(18)24(30)27-14-12-26(13-15-27)23(29)19-6-5-7-20(25)16-19/h5-9,16-17H,2-4,10-15H2,1H3. The fraction of sp³-hybridized carbons (Fsp3) is 0.417. The SMILES string of the molecule is Cc1ccc(S(=O)(=O)N2CCCCC2)cc1C(=O)N1CCN(C(=O)c2cccc(F)c2)CC1. The summed E-state index contributed by atoms with van der Waals surface area (Å²) in [5.41, 5.74) is 1.34. The number of nitrogens with zero attached hydrogens (tertiary/aromatic N) is 3. The minimum atomic E-state index is -3.64. The second kappa shape index (κ2) is 9.61. The third-order valence-electron chi connectivity index (χ3n) is 6.32. The molecule has 0 aliphatic carbocycles. The maximum atomic E-state index is 13.5. The molecule has 176 valence electrons. The molecule has 2 aromatic rings. The van der Waals surface area contributed by atoms with Crippen molar-refractivity contribution < 1.29 is 22.4 Å². The van der Waals surface area contributed by atoms with Crippen molar-refractivity contribution in [3.8, 4) is 0 Å². The van der Waals surface area contributed by atoms with Crippen molar-refractivity contribution in [2.75, 3.05) is 39.3 Å². The van der Waals surface area contributed by atoms with Crippen LogP contribution in [0, 0.1) is 12.7 Å². The first kappa shape index (κ1) is 23.4. The second-order valence-electron chi connectivity index (χ2n) is 8.54. The summed E-state index contributed by atoms with van der Waals surface area (Å²) in [6.07, 6.45) is 2.71. The Morgan fingerprint density at radius 2 is 1.45 bits per heavy atom. The molecule has 0 spiro atoms. The number of carbonyl (C=O) groups excluding carboxylic acids is 2. The Labute approximate surface area is 193 Å². The number of hydrogen-bond donors (Lipinski definition) is 0. The second-order valence-corrected chi connectivity index (χ2v) is 10.5. The van der Waals surface area contributed by atoms with Crippen molar-refractivity contribution in [3.05, 3.63) is 65.0 Å². The van der Waals surface area contributed by atoms with Crippen LogP contribution in [0.4, 0.5) is 4.39 Å². The predicted molar refractivity (Wildman–Crippen MR) is 122 cm³/mol. The van der Waals surface area contributed by atoms with Crippen molar-refractivity contribution in [1.29, 1.82) is 0 Å². The molecule has 2 saturated heterocycles. The van der Waals surface area contributed by atoms with Gasteiger partial charge in [-0.05, 0) is 55.7 Å². The third kappa shape index (κ3) is 4.94. The molecule has 9 heteroatoms. The Balaban J connectivity index is 1.46. The highest BCUT2D eigenvalue weighted by molar-refractivity contribution is 7.89. The zero-order valence-corrected chi connectivity index (χ0v) is 19.5. The molecule has 33 heavy (non-hydrogen) atoms. The van der Waals surface area contributed by atoms with Gasteiger partial charge >= 0.3 is 0 Å². The lowest BCUT2D eigenvalue weighted by Crippen LogP contribution is -2.50. The molecule has 0 unspecified atom stereocenters. The van der Waals surface area contributed by atoms with E-state index in [1.54, 1.807) is 34.9 Å². The number of aryl methyl sites for hydroxylation is 1.